The topological polar surface area (TPSA) is 64.4 Å². The highest BCUT2D eigenvalue weighted by Gasteiger charge is 2.24. The molecule has 98 valence electrons. The second-order valence-electron chi connectivity index (χ2n) is 4.76. The first-order valence-electron chi connectivity index (χ1n) is 6.18. The maximum absolute atomic E-state index is 10.7. The van der Waals surface area contributed by atoms with Gasteiger partial charge in [-0.2, -0.15) is 0 Å². The number of nitrogens with zero attached hydrogens (tertiary/aromatic N) is 1. The maximum Gasteiger partial charge on any atom is 0.271 e. The fraction of sp³-hybridized carbons (Fsp3) is 0.538. The van der Waals surface area contributed by atoms with E-state index < -0.39 is 0 Å². The van der Waals surface area contributed by atoms with E-state index in [1.165, 1.54) is 6.07 Å². The maximum atomic E-state index is 10.7. The van der Waals surface area contributed by atoms with Gasteiger partial charge in [0.2, 0.25) is 0 Å². The Kier molecular flexibility index (Phi) is 3.81. The van der Waals surface area contributed by atoms with E-state index in [0.717, 1.165) is 30.8 Å². The van der Waals surface area contributed by atoms with Crippen LogP contribution in [0.2, 0.25) is 0 Å². The van der Waals surface area contributed by atoms with Gasteiger partial charge in [0.15, 0.2) is 0 Å². The summed E-state index contributed by atoms with van der Waals surface area (Å²) in [6.45, 7) is 5.62. The first-order chi connectivity index (χ1) is 8.58. The van der Waals surface area contributed by atoms with E-state index in [0.29, 0.717) is 5.92 Å². The highest BCUT2D eigenvalue weighted by atomic mass is 16.6. The van der Waals surface area contributed by atoms with E-state index in [2.05, 4.69) is 12.2 Å². The van der Waals surface area contributed by atoms with Crippen LogP contribution in [0.3, 0.4) is 0 Å². The molecular weight excluding hydrogens is 232 g/mol. The third-order valence-corrected chi connectivity index (χ3v) is 3.52. The van der Waals surface area contributed by atoms with Gasteiger partial charge in [-0.1, -0.05) is 6.07 Å². The SMILES string of the molecule is Cc1ccc([N+](=O)[O-])cc1NCC1CCOC1C. The first kappa shape index (κ1) is 12.8. The molecule has 1 aliphatic rings. The van der Waals surface area contributed by atoms with Gasteiger partial charge in [-0.25, -0.2) is 0 Å². The number of rotatable bonds is 4. The van der Waals surface area contributed by atoms with E-state index in [1.807, 2.05) is 6.92 Å². The predicted octanol–water partition coefficient (Wildman–Crippen LogP) is 2.74. The van der Waals surface area contributed by atoms with Crippen LogP contribution in [0.15, 0.2) is 18.2 Å². The van der Waals surface area contributed by atoms with E-state index >= 15 is 0 Å². The summed E-state index contributed by atoms with van der Waals surface area (Å²) in [4.78, 5) is 10.4. The third-order valence-electron chi connectivity index (χ3n) is 3.52. The Morgan fingerprint density at radius 2 is 2.33 bits per heavy atom. The molecule has 2 atom stereocenters. The van der Waals surface area contributed by atoms with E-state index in [4.69, 9.17) is 4.74 Å². The Bertz CT molecular complexity index is 448. The van der Waals surface area contributed by atoms with Crippen molar-refractivity contribution in [3.05, 3.63) is 33.9 Å². The normalized spacial score (nSPS) is 23.0. The lowest BCUT2D eigenvalue weighted by Gasteiger charge is -2.16. The van der Waals surface area contributed by atoms with Gasteiger partial charge in [0.05, 0.1) is 11.0 Å². The quantitative estimate of drug-likeness (QED) is 0.659. The van der Waals surface area contributed by atoms with Crippen molar-refractivity contribution < 1.29 is 9.66 Å². The zero-order valence-corrected chi connectivity index (χ0v) is 10.7. The average molecular weight is 250 g/mol. The molecule has 1 fully saturated rings. The molecule has 2 unspecified atom stereocenters. The van der Waals surface area contributed by atoms with Crippen LogP contribution in [0.1, 0.15) is 18.9 Å². The highest BCUT2D eigenvalue weighted by molar-refractivity contribution is 5.56. The van der Waals surface area contributed by atoms with Gasteiger partial charge in [-0.05, 0) is 25.8 Å². The van der Waals surface area contributed by atoms with Crippen molar-refractivity contribution in [2.24, 2.45) is 5.92 Å². The lowest BCUT2D eigenvalue weighted by molar-refractivity contribution is -0.384. The smallest absolute Gasteiger partial charge is 0.271 e. The second kappa shape index (κ2) is 5.35. The number of nitro groups is 1. The summed E-state index contributed by atoms with van der Waals surface area (Å²) in [5.41, 5.74) is 1.98. The minimum atomic E-state index is -0.369. The average Bonchev–Trinajstić information content (AvgIpc) is 2.73. The number of hydrogen-bond donors (Lipinski definition) is 1. The minimum absolute atomic E-state index is 0.124. The molecule has 0 aliphatic carbocycles. The number of anilines is 1. The van der Waals surface area contributed by atoms with Crippen LogP contribution >= 0.6 is 0 Å². The number of aryl methyl sites for hydroxylation is 1. The fourth-order valence-electron chi connectivity index (χ4n) is 2.20. The van der Waals surface area contributed by atoms with Gasteiger partial charge >= 0.3 is 0 Å². The molecule has 0 aromatic heterocycles. The highest BCUT2D eigenvalue weighted by Crippen LogP contribution is 2.25. The van der Waals surface area contributed by atoms with Crippen molar-refractivity contribution in [1.29, 1.82) is 0 Å². The summed E-state index contributed by atoms with van der Waals surface area (Å²) in [5.74, 6) is 0.476. The Labute approximate surface area is 106 Å². The molecule has 0 radical (unpaired) electrons. The number of hydrogen-bond acceptors (Lipinski definition) is 4. The van der Waals surface area contributed by atoms with Crippen molar-refractivity contribution in [3.8, 4) is 0 Å². The largest absolute Gasteiger partial charge is 0.384 e. The molecular formula is C13H18N2O3. The Balaban J connectivity index is 2.04. The molecule has 1 heterocycles. The molecule has 1 aromatic carbocycles. The number of nitro benzene ring substituents is 1. The van der Waals surface area contributed by atoms with Crippen LogP contribution < -0.4 is 5.32 Å². The standard InChI is InChI=1S/C13H18N2O3/c1-9-3-4-12(15(16)17)7-13(9)14-8-11-5-6-18-10(11)2/h3-4,7,10-11,14H,5-6,8H2,1-2H3. The van der Waals surface area contributed by atoms with Gasteiger partial charge < -0.3 is 10.1 Å². The Hall–Kier alpha value is -1.62. The zero-order valence-electron chi connectivity index (χ0n) is 10.7. The molecule has 0 bridgehead atoms. The van der Waals surface area contributed by atoms with Crippen molar-refractivity contribution in [2.45, 2.75) is 26.4 Å². The molecule has 2 rings (SSSR count). The molecule has 1 N–H and O–H groups in total. The predicted molar refractivity (Wildman–Crippen MR) is 69.8 cm³/mol. The summed E-state index contributed by atoms with van der Waals surface area (Å²) in [5, 5.41) is 14.0. The lowest BCUT2D eigenvalue weighted by atomic mass is 10.0. The van der Waals surface area contributed by atoms with Crippen molar-refractivity contribution in [1.82, 2.24) is 0 Å². The zero-order chi connectivity index (χ0) is 13.1. The third kappa shape index (κ3) is 2.79. The molecule has 1 aliphatic heterocycles. The van der Waals surface area contributed by atoms with Gasteiger partial charge in [-0.3, -0.25) is 10.1 Å². The molecule has 0 spiro atoms. The van der Waals surface area contributed by atoms with Gasteiger partial charge in [0, 0.05) is 36.9 Å². The van der Waals surface area contributed by atoms with E-state index in [-0.39, 0.29) is 16.7 Å². The van der Waals surface area contributed by atoms with E-state index in [9.17, 15) is 10.1 Å². The summed E-state index contributed by atoms with van der Waals surface area (Å²) in [6, 6.07) is 4.90. The minimum Gasteiger partial charge on any atom is -0.384 e. The summed E-state index contributed by atoms with van der Waals surface area (Å²) in [7, 11) is 0. The molecule has 1 aromatic rings. The van der Waals surface area contributed by atoms with Gasteiger partial charge in [0.1, 0.15) is 0 Å². The molecule has 0 amide bonds. The lowest BCUT2D eigenvalue weighted by Crippen LogP contribution is -2.21. The monoisotopic (exact) mass is 250 g/mol. The van der Waals surface area contributed by atoms with Crippen molar-refractivity contribution in [3.63, 3.8) is 0 Å². The van der Waals surface area contributed by atoms with Crippen molar-refractivity contribution >= 4 is 11.4 Å². The molecule has 1 saturated heterocycles. The molecule has 5 nitrogen and oxygen atoms in total. The van der Waals surface area contributed by atoms with Crippen LogP contribution in [-0.4, -0.2) is 24.2 Å². The van der Waals surface area contributed by atoms with Crippen LogP contribution in [0.5, 0.6) is 0 Å². The number of non-ortho nitro benzene ring substituents is 1. The van der Waals surface area contributed by atoms with E-state index in [1.54, 1.807) is 12.1 Å². The summed E-state index contributed by atoms with van der Waals surface area (Å²) < 4.78 is 5.50. The second-order valence-corrected chi connectivity index (χ2v) is 4.76. The fourth-order valence-corrected chi connectivity index (χ4v) is 2.20. The van der Waals surface area contributed by atoms with Crippen LogP contribution in [0.25, 0.3) is 0 Å². The Morgan fingerprint density at radius 3 is 2.94 bits per heavy atom. The van der Waals surface area contributed by atoms with Crippen molar-refractivity contribution in [2.75, 3.05) is 18.5 Å². The molecule has 0 saturated carbocycles. The van der Waals surface area contributed by atoms with Crippen LogP contribution in [0.4, 0.5) is 11.4 Å². The number of benzene rings is 1. The number of ether oxygens (including phenoxy) is 1. The molecule has 18 heavy (non-hydrogen) atoms. The Morgan fingerprint density at radius 1 is 1.56 bits per heavy atom. The molecule has 5 heteroatoms. The van der Waals surface area contributed by atoms with Crippen LogP contribution in [-0.2, 0) is 4.74 Å². The number of nitrogens with one attached hydrogen (secondary N) is 1. The summed E-state index contributed by atoms with van der Waals surface area (Å²) in [6.07, 6.45) is 1.30. The van der Waals surface area contributed by atoms with Gasteiger partial charge in [0.25, 0.3) is 5.69 Å². The summed E-state index contributed by atoms with van der Waals surface area (Å²) >= 11 is 0. The van der Waals surface area contributed by atoms with Gasteiger partial charge in [-0.15, -0.1) is 0 Å². The first-order valence-corrected chi connectivity index (χ1v) is 6.18. The van der Waals surface area contributed by atoms with Crippen LogP contribution in [0, 0.1) is 23.0 Å².